The van der Waals surface area contributed by atoms with Gasteiger partial charge in [-0.25, -0.2) is 13.1 Å². The molecule has 2 saturated heterocycles. The number of aliphatic imine (C=N–C) groups is 1. The predicted molar refractivity (Wildman–Crippen MR) is 138 cm³/mol. The number of sulfonamides is 1. The summed E-state index contributed by atoms with van der Waals surface area (Å²) in [6.45, 7) is 3.84. The van der Waals surface area contributed by atoms with Crippen molar-refractivity contribution in [3.8, 4) is 0 Å². The molecule has 0 bridgehead atoms. The molecule has 0 amide bonds. The lowest BCUT2D eigenvalue weighted by molar-refractivity contribution is 0.114. The first-order valence-electron chi connectivity index (χ1n) is 11.7. The molecular formula is C23H37IN4O3S. The summed E-state index contributed by atoms with van der Waals surface area (Å²) in [4.78, 5) is 7.17. The lowest BCUT2D eigenvalue weighted by atomic mass is 9.73. The number of rotatable bonds is 6. The van der Waals surface area contributed by atoms with Gasteiger partial charge in [0, 0.05) is 39.8 Å². The van der Waals surface area contributed by atoms with Gasteiger partial charge in [0.25, 0.3) is 0 Å². The Balaban J connectivity index is 0.00000289. The number of halogens is 1. The van der Waals surface area contributed by atoms with Gasteiger partial charge in [0.1, 0.15) is 0 Å². The molecule has 1 saturated carbocycles. The molecule has 1 aromatic rings. The van der Waals surface area contributed by atoms with Crippen molar-refractivity contribution >= 4 is 40.0 Å². The van der Waals surface area contributed by atoms with Crippen molar-refractivity contribution in [2.75, 3.05) is 33.3 Å². The second kappa shape index (κ2) is 11.5. The van der Waals surface area contributed by atoms with Gasteiger partial charge in [-0.15, -0.1) is 24.0 Å². The highest BCUT2D eigenvalue weighted by atomic mass is 127. The van der Waals surface area contributed by atoms with Gasteiger partial charge >= 0.3 is 0 Å². The van der Waals surface area contributed by atoms with Crippen LogP contribution < -0.4 is 10.0 Å². The van der Waals surface area contributed by atoms with Gasteiger partial charge in [0.2, 0.25) is 10.0 Å². The second-order valence-electron chi connectivity index (χ2n) is 9.26. The summed E-state index contributed by atoms with van der Waals surface area (Å²) < 4.78 is 33.2. The van der Waals surface area contributed by atoms with Gasteiger partial charge < -0.3 is 15.0 Å². The van der Waals surface area contributed by atoms with Crippen molar-refractivity contribution in [3.05, 3.63) is 29.8 Å². The Labute approximate surface area is 209 Å². The first-order chi connectivity index (χ1) is 15.0. The lowest BCUT2D eigenvalue weighted by Crippen LogP contribution is -2.41. The van der Waals surface area contributed by atoms with Gasteiger partial charge in [0.15, 0.2) is 5.96 Å². The van der Waals surface area contributed by atoms with E-state index in [-0.39, 0.29) is 35.0 Å². The third-order valence-electron chi connectivity index (χ3n) is 7.07. The zero-order valence-corrected chi connectivity index (χ0v) is 22.2. The van der Waals surface area contributed by atoms with Crippen molar-refractivity contribution in [3.63, 3.8) is 0 Å². The van der Waals surface area contributed by atoms with E-state index in [9.17, 15) is 8.42 Å². The third-order valence-corrected chi connectivity index (χ3v) is 8.51. The third kappa shape index (κ3) is 6.36. The molecule has 1 aliphatic carbocycles. The number of nitrogens with one attached hydrogen (secondary N) is 2. The Hall–Kier alpha value is -0.910. The molecule has 7 nitrogen and oxygen atoms in total. The monoisotopic (exact) mass is 576 g/mol. The van der Waals surface area contributed by atoms with Gasteiger partial charge in [-0.1, -0.05) is 31.4 Å². The van der Waals surface area contributed by atoms with Gasteiger partial charge in [0.05, 0.1) is 11.0 Å². The van der Waals surface area contributed by atoms with Crippen LogP contribution in [0.25, 0.3) is 0 Å². The average molecular weight is 577 g/mol. The standard InChI is InChI=1S/C23H36N4O3S.HI/c1-24-22(27-14-13-23(18-27)11-3-2-4-12-23)25-16-19-7-9-21(10-8-19)31(28,29)26-17-20-6-5-15-30-20;/h7-10,20,26H,2-6,11-18H2,1H3,(H,24,25);1H. The summed E-state index contributed by atoms with van der Waals surface area (Å²) in [6.07, 6.45) is 9.94. The number of nitrogens with zero attached hydrogens (tertiary/aromatic N) is 2. The van der Waals surface area contributed by atoms with Gasteiger partial charge in [-0.3, -0.25) is 4.99 Å². The summed E-state index contributed by atoms with van der Waals surface area (Å²) >= 11 is 0. The second-order valence-corrected chi connectivity index (χ2v) is 11.0. The van der Waals surface area contributed by atoms with E-state index in [4.69, 9.17) is 4.74 Å². The van der Waals surface area contributed by atoms with E-state index in [0.717, 1.165) is 44.1 Å². The smallest absolute Gasteiger partial charge is 0.240 e. The minimum Gasteiger partial charge on any atom is -0.377 e. The van der Waals surface area contributed by atoms with E-state index in [1.807, 2.05) is 19.2 Å². The minimum absolute atomic E-state index is 0. The quantitative estimate of drug-likeness (QED) is 0.308. The number of likely N-dealkylation sites (tertiary alicyclic amines) is 1. The summed E-state index contributed by atoms with van der Waals surface area (Å²) in [6, 6.07) is 7.08. The van der Waals surface area contributed by atoms with Crippen molar-refractivity contribution in [1.29, 1.82) is 0 Å². The van der Waals surface area contributed by atoms with Crippen LogP contribution in [0, 0.1) is 5.41 Å². The topological polar surface area (TPSA) is 83.0 Å². The molecule has 180 valence electrons. The highest BCUT2D eigenvalue weighted by Crippen LogP contribution is 2.43. The van der Waals surface area contributed by atoms with Crippen LogP contribution in [0.4, 0.5) is 0 Å². The Morgan fingerprint density at radius 1 is 1.16 bits per heavy atom. The van der Waals surface area contributed by atoms with Crippen LogP contribution >= 0.6 is 24.0 Å². The zero-order chi connectivity index (χ0) is 21.7. The summed E-state index contributed by atoms with van der Waals surface area (Å²) in [5.74, 6) is 0.942. The molecular weight excluding hydrogens is 539 g/mol. The fourth-order valence-corrected chi connectivity index (χ4v) is 6.28. The number of benzene rings is 1. The number of hydrogen-bond acceptors (Lipinski definition) is 4. The summed E-state index contributed by atoms with van der Waals surface area (Å²) in [7, 11) is -1.67. The number of guanidine groups is 1. The first-order valence-corrected chi connectivity index (χ1v) is 13.1. The molecule has 3 fully saturated rings. The zero-order valence-electron chi connectivity index (χ0n) is 19.0. The van der Waals surface area contributed by atoms with Gasteiger partial charge in [-0.2, -0.15) is 0 Å². The van der Waals surface area contributed by atoms with Crippen LogP contribution in [0.15, 0.2) is 34.2 Å². The molecule has 1 aromatic carbocycles. The van der Waals surface area contributed by atoms with Crippen molar-refractivity contribution in [1.82, 2.24) is 14.9 Å². The molecule has 32 heavy (non-hydrogen) atoms. The maximum Gasteiger partial charge on any atom is 0.240 e. The Bertz CT molecular complexity index is 864. The molecule has 4 rings (SSSR count). The van der Waals surface area contributed by atoms with E-state index < -0.39 is 10.0 Å². The Morgan fingerprint density at radius 3 is 2.56 bits per heavy atom. The van der Waals surface area contributed by atoms with E-state index >= 15 is 0 Å². The molecule has 3 aliphatic rings. The van der Waals surface area contributed by atoms with Crippen LogP contribution in [-0.4, -0.2) is 58.7 Å². The maximum absolute atomic E-state index is 12.5. The van der Waals surface area contributed by atoms with Crippen LogP contribution in [0.5, 0.6) is 0 Å². The predicted octanol–water partition coefficient (Wildman–Crippen LogP) is 3.49. The van der Waals surface area contributed by atoms with Crippen LogP contribution in [0.3, 0.4) is 0 Å². The fraction of sp³-hybridized carbons (Fsp3) is 0.696. The molecule has 1 spiro atoms. The molecule has 0 radical (unpaired) electrons. The molecule has 2 N–H and O–H groups in total. The van der Waals surface area contributed by atoms with Crippen LogP contribution in [0.1, 0.15) is 56.9 Å². The molecule has 1 atom stereocenters. The van der Waals surface area contributed by atoms with E-state index in [1.165, 1.54) is 38.5 Å². The maximum atomic E-state index is 12.5. The van der Waals surface area contributed by atoms with Crippen molar-refractivity contribution < 1.29 is 13.2 Å². The van der Waals surface area contributed by atoms with E-state index in [1.54, 1.807) is 12.1 Å². The van der Waals surface area contributed by atoms with Crippen molar-refractivity contribution in [2.24, 2.45) is 10.4 Å². The SMILES string of the molecule is CN=C(NCc1ccc(S(=O)(=O)NCC2CCCO2)cc1)N1CCC2(CCCCC2)C1.I. The van der Waals surface area contributed by atoms with E-state index in [2.05, 4.69) is 19.9 Å². The largest absolute Gasteiger partial charge is 0.377 e. The number of ether oxygens (including phenoxy) is 1. The van der Waals surface area contributed by atoms with E-state index in [0.29, 0.717) is 18.5 Å². The normalized spacial score (nSPS) is 23.3. The fourth-order valence-electron chi connectivity index (χ4n) is 5.22. The summed E-state index contributed by atoms with van der Waals surface area (Å²) in [5, 5.41) is 3.46. The minimum atomic E-state index is -3.51. The summed E-state index contributed by atoms with van der Waals surface area (Å²) in [5.41, 5.74) is 1.52. The average Bonchev–Trinajstić information content (AvgIpc) is 3.45. The lowest BCUT2D eigenvalue weighted by Gasteiger charge is -2.33. The highest BCUT2D eigenvalue weighted by molar-refractivity contribution is 14.0. The highest BCUT2D eigenvalue weighted by Gasteiger charge is 2.39. The van der Waals surface area contributed by atoms with Crippen LogP contribution in [0.2, 0.25) is 0 Å². The van der Waals surface area contributed by atoms with Crippen molar-refractivity contribution in [2.45, 2.75) is 68.9 Å². The molecule has 9 heteroatoms. The first kappa shape index (κ1) is 25.7. The molecule has 2 heterocycles. The Morgan fingerprint density at radius 2 is 1.91 bits per heavy atom. The molecule has 0 aromatic heterocycles. The Kier molecular flexibility index (Phi) is 9.23. The van der Waals surface area contributed by atoms with Crippen LogP contribution in [-0.2, 0) is 21.3 Å². The molecule has 1 unspecified atom stereocenters. The van der Waals surface area contributed by atoms with Gasteiger partial charge in [-0.05, 0) is 55.2 Å². The number of hydrogen-bond donors (Lipinski definition) is 2. The molecule has 2 aliphatic heterocycles.